The van der Waals surface area contributed by atoms with Gasteiger partial charge in [0.05, 0.1) is 15.1 Å². The second-order valence-corrected chi connectivity index (χ2v) is 6.64. The van der Waals surface area contributed by atoms with Crippen molar-refractivity contribution in [2.45, 2.75) is 6.18 Å². The Hall–Kier alpha value is -2.46. The molecule has 0 amide bonds. The molecule has 0 spiro atoms. The molecule has 150 valence electrons. The van der Waals surface area contributed by atoms with E-state index >= 15 is 0 Å². The summed E-state index contributed by atoms with van der Waals surface area (Å²) < 4.78 is 49.1. The zero-order valence-electron chi connectivity index (χ0n) is 13.7. The molecule has 0 saturated heterocycles. The molecule has 0 aliphatic rings. The summed E-state index contributed by atoms with van der Waals surface area (Å²) in [6.45, 7) is -0.645. The van der Waals surface area contributed by atoms with Crippen LogP contribution >= 0.6 is 27.5 Å². The predicted molar refractivity (Wildman–Crippen MR) is 94.9 cm³/mol. The molecule has 2 rings (SSSR count). The second kappa shape index (κ2) is 8.70. The minimum Gasteiger partial charge on any atom is -0.491 e. The molecule has 28 heavy (non-hydrogen) atoms. The number of hydrogen-bond acceptors (Lipinski definition) is 4. The summed E-state index contributed by atoms with van der Waals surface area (Å²) in [5.41, 5.74) is -0.932. The van der Waals surface area contributed by atoms with Gasteiger partial charge in [-0.25, -0.2) is 0 Å². The lowest BCUT2D eigenvalue weighted by molar-refractivity contribution is -0.155. The van der Waals surface area contributed by atoms with Crippen molar-refractivity contribution in [1.29, 1.82) is 0 Å². The van der Waals surface area contributed by atoms with Crippen LogP contribution in [0.25, 0.3) is 0 Å². The lowest BCUT2D eigenvalue weighted by atomic mass is 10.2. The number of rotatable bonds is 7. The van der Waals surface area contributed by atoms with Gasteiger partial charge in [-0.05, 0) is 46.3 Å². The molecule has 0 aromatic heterocycles. The minimum absolute atomic E-state index is 0.0445. The standard InChI is InChI=1S/C17H11BrClF3O6/c18-11-3-2-9(6-14(11)27-7-10(15(23)24)16(25)26)28-13-4-1-8(5-12(13)19)17(20,21)22/h1-6,10H,7H2,(H,23,24)(H,25,26). The normalized spacial score (nSPS) is 11.4. The molecule has 0 bridgehead atoms. The van der Waals surface area contributed by atoms with Crippen LogP contribution in [0.4, 0.5) is 13.2 Å². The lowest BCUT2D eigenvalue weighted by Crippen LogP contribution is -2.29. The number of benzene rings is 2. The van der Waals surface area contributed by atoms with Crippen molar-refractivity contribution >= 4 is 39.5 Å². The van der Waals surface area contributed by atoms with Gasteiger partial charge in [-0.2, -0.15) is 13.2 Å². The lowest BCUT2D eigenvalue weighted by Gasteiger charge is -2.14. The number of halogens is 5. The van der Waals surface area contributed by atoms with Crippen molar-refractivity contribution in [3.8, 4) is 17.2 Å². The Morgan fingerprint density at radius 3 is 2.25 bits per heavy atom. The first-order valence-electron chi connectivity index (χ1n) is 7.41. The second-order valence-electron chi connectivity index (χ2n) is 5.38. The maximum absolute atomic E-state index is 12.7. The van der Waals surface area contributed by atoms with Crippen molar-refractivity contribution < 1.29 is 42.4 Å². The monoisotopic (exact) mass is 482 g/mol. The third kappa shape index (κ3) is 5.52. The molecule has 0 saturated carbocycles. The zero-order chi connectivity index (χ0) is 21.1. The number of carboxylic acids is 2. The van der Waals surface area contributed by atoms with Crippen molar-refractivity contribution in [3.05, 3.63) is 51.5 Å². The average molecular weight is 484 g/mol. The quantitative estimate of drug-likeness (QED) is 0.534. The van der Waals surface area contributed by atoms with Crippen LogP contribution in [0, 0.1) is 5.92 Å². The Morgan fingerprint density at radius 2 is 1.71 bits per heavy atom. The van der Waals surface area contributed by atoms with Gasteiger partial charge in [0.25, 0.3) is 0 Å². The van der Waals surface area contributed by atoms with E-state index in [2.05, 4.69) is 15.9 Å². The van der Waals surface area contributed by atoms with Gasteiger partial charge >= 0.3 is 18.1 Å². The number of ether oxygens (including phenoxy) is 2. The largest absolute Gasteiger partial charge is 0.491 e. The summed E-state index contributed by atoms with van der Waals surface area (Å²) in [6, 6.07) is 6.81. The van der Waals surface area contributed by atoms with Gasteiger partial charge in [0.2, 0.25) is 0 Å². The molecule has 0 aliphatic heterocycles. The van der Waals surface area contributed by atoms with Crippen LogP contribution in [0.2, 0.25) is 5.02 Å². The topological polar surface area (TPSA) is 93.1 Å². The number of hydrogen-bond donors (Lipinski definition) is 2. The van der Waals surface area contributed by atoms with E-state index in [4.69, 9.17) is 31.3 Å². The summed E-state index contributed by atoms with van der Waals surface area (Å²) >= 11 is 8.99. The fraction of sp³-hybridized carbons (Fsp3) is 0.176. The summed E-state index contributed by atoms with van der Waals surface area (Å²) in [7, 11) is 0. The van der Waals surface area contributed by atoms with Crippen LogP contribution in [-0.4, -0.2) is 28.8 Å². The number of carbonyl (C=O) groups is 2. The van der Waals surface area contributed by atoms with Gasteiger partial charge in [-0.1, -0.05) is 11.6 Å². The van der Waals surface area contributed by atoms with Crippen molar-refractivity contribution in [2.24, 2.45) is 5.92 Å². The smallest absolute Gasteiger partial charge is 0.416 e. The molecule has 0 radical (unpaired) electrons. The molecule has 0 fully saturated rings. The van der Waals surface area contributed by atoms with Crippen LogP contribution in [0.15, 0.2) is 40.9 Å². The number of alkyl halides is 3. The van der Waals surface area contributed by atoms with Crippen LogP contribution in [0.1, 0.15) is 5.56 Å². The van der Waals surface area contributed by atoms with E-state index in [0.29, 0.717) is 4.47 Å². The minimum atomic E-state index is -4.55. The molecule has 0 atom stereocenters. The van der Waals surface area contributed by atoms with E-state index < -0.39 is 36.2 Å². The van der Waals surface area contributed by atoms with Gasteiger partial charge in [-0.15, -0.1) is 0 Å². The third-order valence-corrected chi connectivity index (χ3v) is 4.34. The average Bonchev–Trinajstić information content (AvgIpc) is 2.57. The van der Waals surface area contributed by atoms with Crippen molar-refractivity contribution in [1.82, 2.24) is 0 Å². The molecule has 2 aromatic carbocycles. The first-order valence-corrected chi connectivity index (χ1v) is 8.58. The highest BCUT2D eigenvalue weighted by molar-refractivity contribution is 9.10. The molecule has 6 nitrogen and oxygen atoms in total. The highest BCUT2D eigenvalue weighted by Crippen LogP contribution is 2.38. The van der Waals surface area contributed by atoms with Gasteiger partial charge in [0, 0.05) is 6.07 Å². The summed E-state index contributed by atoms with van der Waals surface area (Å²) in [6.07, 6.45) is -4.55. The number of carboxylic acid groups (broad SMARTS) is 2. The maximum atomic E-state index is 12.7. The van der Waals surface area contributed by atoms with Gasteiger partial charge < -0.3 is 19.7 Å². The molecule has 0 aliphatic carbocycles. The fourth-order valence-electron chi connectivity index (χ4n) is 1.97. The van der Waals surface area contributed by atoms with Crippen LogP contribution in [0.3, 0.4) is 0 Å². The van der Waals surface area contributed by atoms with Crippen LogP contribution in [-0.2, 0) is 15.8 Å². The van der Waals surface area contributed by atoms with E-state index in [1.165, 1.54) is 18.2 Å². The first kappa shape index (κ1) is 21.8. The Labute approximate surface area is 169 Å². The molecular weight excluding hydrogens is 473 g/mol. The Balaban J connectivity index is 2.19. The van der Waals surface area contributed by atoms with Crippen LogP contribution < -0.4 is 9.47 Å². The Morgan fingerprint density at radius 1 is 1.07 bits per heavy atom. The Kier molecular flexibility index (Phi) is 6.78. The van der Waals surface area contributed by atoms with Gasteiger partial charge in [0.15, 0.2) is 5.92 Å². The van der Waals surface area contributed by atoms with Crippen molar-refractivity contribution in [3.63, 3.8) is 0 Å². The van der Waals surface area contributed by atoms with Gasteiger partial charge in [-0.3, -0.25) is 9.59 Å². The molecule has 2 N–H and O–H groups in total. The Bertz CT molecular complexity index is 889. The van der Waals surface area contributed by atoms with Crippen LogP contribution in [0.5, 0.6) is 17.2 Å². The maximum Gasteiger partial charge on any atom is 0.416 e. The summed E-state index contributed by atoms with van der Waals surface area (Å²) in [5.74, 6) is -4.74. The molecule has 2 aromatic rings. The number of aliphatic carboxylic acids is 2. The molecular formula is C17H11BrClF3O6. The fourth-order valence-corrected chi connectivity index (χ4v) is 2.55. The highest BCUT2D eigenvalue weighted by Gasteiger charge is 2.31. The molecule has 0 heterocycles. The van der Waals surface area contributed by atoms with E-state index in [-0.39, 0.29) is 22.3 Å². The third-order valence-electron chi connectivity index (χ3n) is 3.39. The zero-order valence-corrected chi connectivity index (χ0v) is 16.0. The van der Waals surface area contributed by atoms with E-state index in [1.54, 1.807) is 0 Å². The SMILES string of the molecule is O=C(O)C(COc1cc(Oc2ccc(C(F)(F)F)cc2Cl)ccc1Br)C(=O)O. The molecule has 11 heteroatoms. The molecule has 0 unspecified atom stereocenters. The first-order chi connectivity index (χ1) is 13.0. The van der Waals surface area contributed by atoms with Crippen molar-refractivity contribution in [2.75, 3.05) is 6.61 Å². The van der Waals surface area contributed by atoms with E-state index in [0.717, 1.165) is 18.2 Å². The summed E-state index contributed by atoms with van der Waals surface area (Å²) in [4.78, 5) is 21.8. The highest BCUT2D eigenvalue weighted by atomic mass is 79.9. The summed E-state index contributed by atoms with van der Waals surface area (Å²) in [5, 5.41) is 17.5. The van der Waals surface area contributed by atoms with Gasteiger partial charge in [0.1, 0.15) is 23.9 Å². The van der Waals surface area contributed by atoms with E-state index in [1.807, 2.05) is 0 Å². The van der Waals surface area contributed by atoms with E-state index in [9.17, 15) is 22.8 Å². The predicted octanol–water partition coefficient (Wildman–Crippen LogP) is 5.08.